The fourth-order valence-corrected chi connectivity index (χ4v) is 5.10. The number of amides is 1. The Morgan fingerprint density at radius 2 is 2.00 bits per heavy atom. The molecular formula is C18H28N2O3S. The topological polar surface area (TPSA) is 57.7 Å². The van der Waals surface area contributed by atoms with Gasteiger partial charge in [0, 0.05) is 31.2 Å². The Morgan fingerprint density at radius 3 is 2.54 bits per heavy atom. The van der Waals surface area contributed by atoms with Crippen molar-refractivity contribution >= 4 is 21.4 Å². The van der Waals surface area contributed by atoms with Crippen LogP contribution in [0.2, 0.25) is 0 Å². The molecule has 1 atom stereocenters. The fourth-order valence-electron chi connectivity index (χ4n) is 3.34. The molecule has 1 fully saturated rings. The average molecular weight is 353 g/mol. The molecule has 134 valence electrons. The molecule has 5 nitrogen and oxygen atoms in total. The van der Waals surface area contributed by atoms with E-state index in [9.17, 15) is 13.2 Å². The van der Waals surface area contributed by atoms with Crippen molar-refractivity contribution in [2.75, 3.05) is 36.0 Å². The van der Waals surface area contributed by atoms with E-state index in [1.165, 1.54) is 0 Å². The molecule has 1 unspecified atom stereocenters. The lowest BCUT2D eigenvalue weighted by Crippen LogP contribution is -2.40. The lowest BCUT2D eigenvalue weighted by Gasteiger charge is -2.28. The molecule has 24 heavy (non-hydrogen) atoms. The van der Waals surface area contributed by atoms with Crippen LogP contribution in [0.3, 0.4) is 0 Å². The zero-order chi connectivity index (χ0) is 17.7. The summed E-state index contributed by atoms with van der Waals surface area (Å²) in [5, 5.41) is 0. The van der Waals surface area contributed by atoms with Gasteiger partial charge in [0.2, 0.25) is 5.91 Å². The Morgan fingerprint density at radius 1 is 1.25 bits per heavy atom. The number of carbonyl (C=O) groups is 1. The van der Waals surface area contributed by atoms with Crippen LogP contribution in [-0.4, -0.2) is 56.4 Å². The second kappa shape index (κ2) is 8.12. The number of hydrogen-bond acceptors (Lipinski definition) is 4. The Hall–Kier alpha value is -1.40. The van der Waals surface area contributed by atoms with E-state index >= 15 is 0 Å². The third-order valence-electron chi connectivity index (χ3n) is 4.67. The molecule has 1 aliphatic heterocycles. The van der Waals surface area contributed by atoms with Crippen molar-refractivity contribution in [1.29, 1.82) is 0 Å². The van der Waals surface area contributed by atoms with Crippen molar-refractivity contribution in [3.8, 4) is 0 Å². The van der Waals surface area contributed by atoms with Crippen molar-refractivity contribution in [3.05, 3.63) is 29.8 Å². The summed E-state index contributed by atoms with van der Waals surface area (Å²) in [6, 6.07) is 8.00. The van der Waals surface area contributed by atoms with Crippen molar-refractivity contribution in [2.24, 2.45) is 0 Å². The molecule has 0 aliphatic carbocycles. The summed E-state index contributed by atoms with van der Waals surface area (Å²) in [5.74, 6) is 0.582. The van der Waals surface area contributed by atoms with E-state index in [4.69, 9.17) is 0 Å². The molecule has 2 rings (SSSR count). The van der Waals surface area contributed by atoms with Gasteiger partial charge in [0.1, 0.15) is 0 Å². The van der Waals surface area contributed by atoms with E-state index < -0.39 is 9.84 Å². The standard InChI is InChI=1S/C18H28N2O3S/c1-4-19(17-10-12-24(22,23)14-17)11-9-18(21)20(5-2)16-8-6-7-15(3)13-16/h6-8,13,17H,4-5,9-12,14H2,1-3H3. The molecule has 1 heterocycles. The highest BCUT2D eigenvalue weighted by Crippen LogP contribution is 2.20. The van der Waals surface area contributed by atoms with E-state index in [1.807, 2.05) is 45.0 Å². The normalized spacial score (nSPS) is 19.6. The summed E-state index contributed by atoms with van der Waals surface area (Å²) in [6.07, 6.45) is 1.09. The number of aryl methyl sites for hydroxylation is 1. The van der Waals surface area contributed by atoms with Crippen molar-refractivity contribution in [2.45, 2.75) is 39.7 Å². The van der Waals surface area contributed by atoms with E-state index in [0.717, 1.165) is 17.8 Å². The van der Waals surface area contributed by atoms with Crippen LogP contribution in [0.5, 0.6) is 0 Å². The van der Waals surface area contributed by atoms with E-state index in [0.29, 0.717) is 25.9 Å². The van der Waals surface area contributed by atoms with Gasteiger partial charge in [-0.1, -0.05) is 19.1 Å². The number of anilines is 1. The van der Waals surface area contributed by atoms with Crippen LogP contribution in [0, 0.1) is 6.92 Å². The molecule has 1 aromatic rings. The summed E-state index contributed by atoms with van der Waals surface area (Å²) in [6.45, 7) is 8.02. The Labute approximate surface area is 145 Å². The van der Waals surface area contributed by atoms with Gasteiger partial charge in [-0.05, 0) is 44.5 Å². The first-order valence-electron chi connectivity index (χ1n) is 8.67. The van der Waals surface area contributed by atoms with E-state index in [1.54, 1.807) is 4.90 Å². The molecule has 0 radical (unpaired) electrons. The summed E-state index contributed by atoms with van der Waals surface area (Å²) >= 11 is 0. The highest BCUT2D eigenvalue weighted by molar-refractivity contribution is 7.91. The molecular weight excluding hydrogens is 324 g/mol. The molecule has 0 aromatic heterocycles. The predicted octanol–water partition coefficient (Wildman–Crippen LogP) is 2.25. The molecule has 0 saturated carbocycles. The quantitative estimate of drug-likeness (QED) is 0.755. The molecule has 0 N–H and O–H groups in total. The second-order valence-electron chi connectivity index (χ2n) is 6.41. The number of hydrogen-bond donors (Lipinski definition) is 0. The maximum atomic E-state index is 12.6. The van der Waals surface area contributed by atoms with E-state index in [2.05, 4.69) is 4.90 Å². The maximum absolute atomic E-state index is 12.6. The van der Waals surface area contributed by atoms with Crippen LogP contribution in [0.1, 0.15) is 32.3 Å². The van der Waals surface area contributed by atoms with Crippen LogP contribution >= 0.6 is 0 Å². The molecule has 1 saturated heterocycles. The first kappa shape index (κ1) is 18.9. The van der Waals surface area contributed by atoms with Gasteiger partial charge in [-0.2, -0.15) is 0 Å². The van der Waals surface area contributed by atoms with Gasteiger partial charge in [0.05, 0.1) is 11.5 Å². The minimum atomic E-state index is -2.89. The third-order valence-corrected chi connectivity index (χ3v) is 6.42. The predicted molar refractivity (Wildman–Crippen MR) is 98.1 cm³/mol. The molecule has 1 aromatic carbocycles. The Bertz CT molecular complexity index is 673. The fraction of sp³-hybridized carbons (Fsp3) is 0.611. The largest absolute Gasteiger partial charge is 0.313 e. The summed E-state index contributed by atoms with van der Waals surface area (Å²) < 4.78 is 23.3. The SMILES string of the molecule is CCN(C(=O)CCN(CC)C1CCS(=O)(=O)C1)c1cccc(C)c1. The number of nitrogens with zero attached hydrogens (tertiary/aromatic N) is 2. The molecule has 1 amide bonds. The first-order valence-corrected chi connectivity index (χ1v) is 10.5. The minimum Gasteiger partial charge on any atom is -0.313 e. The molecule has 1 aliphatic rings. The van der Waals surface area contributed by atoms with Crippen LogP contribution in [0.25, 0.3) is 0 Å². The van der Waals surface area contributed by atoms with Gasteiger partial charge in [0.25, 0.3) is 0 Å². The highest BCUT2D eigenvalue weighted by atomic mass is 32.2. The third kappa shape index (κ3) is 4.80. The number of sulfone groups is 1. The zero-order valence-electron chi connectivity index (χ0n) is 14.9. The van der Waals surface area contributed by atoms with Gasteiger partial charge in [-0.25, -0.2) is 8.42 Å². The van der Waals surface area contributed by atoms with Crippen LogP contribution < -0.4 is 4.90 Å². The van der Waals surface area contributed by atoms with Crippen LogP contribution in [0.15, 0.2) is 24.3 Å². The molecule has 0 bridgehead atoms. The average Bonchev–Trinajstić information content (AvgIpc) is 2.89. The Balaban J connectivity index is 1.97. The van der Waals surface area contributed by atoms with Crippen molar-refractivity contribution in [1.82, 2.24) is 4.90 Å². The summed E-state index contributed by atoms with van der Waals surface area (Å²) in [7, 11) is -2.89. The van der Waals surface area contributed by atoms with Gasteiger partial charge in [-0.15, -0.1) is 0 Å². The van der Waals surface area contributed by atoms with Gasteiger partial charge in [0.15, 0.2) is 9.84 Å². The number of benzene rings is 1. The van der Waals surface area contributed by atoms with Crippen molar-refractivity contribution in [3.63, 3.8) is 0 Å². The molecule has 6 heteroatoms. The minimum absolute atomic E-state index is 0.0573. The molecule has 0 spiro atoms. The van der Waals surface area contributed by atoms with Crippen molar-refractivity contribution < 1.29 is 13.2 Å². The smallest absolute Gasteiger partial charge is 0.228 e. The zero-order valence-corrected chi connectivity index (χ0v) is 15.7. The lowest BCUT2D eigenvalue weighted by atomic mass is 10.2. The van der Waals surface area contributed by atoms with Crippen LogP contribution in [-0.2, 0) is 14.6 Å². The monoisotopic (exact) mass is 352 g/mol. The second-order valence-corrected chi connectivity index (χ2v) is 8.64. The maximum Gasteiger partial charge on any atom is 0.228 e. The number of rotatable bonds is 7. The summed E-state index contributed by atoms with van der Waals surface area (Å²) in [4.78, 5) is 16.6. The van der Waals surface area contributed by atoms with Crippen LogP contribution in [0.4, 0.5) is 5.69 Å². The van der Waals surface area contributed by atoms with Gasteiger partial charge < -0.3 is 4.90 Å². The highest BCUT2D eigenvalue weighted by Gasteiger charge is 2.31. The van der Waals surface area contributed by atoms with Gasteiger partial charge >= 0.3 is 0 Å². The van der Waals surface area contributed by atoms with Gasteiger partial charge in [-0.3, -0.25) is 9.69 Å². The first-order chi connectivity index (χ1) is 11.4. The lowest BCUT2D eigenvalue weighted by molar-refractivity contribution is -0.119. The number of carbonyl (C=O) groups excluding carboxylic acids is 1. The summed E-state index contributed by atoms with van der Waals surface area (Å²) in [5.41, 5.74) is 2.05. The Kier molecular flexibility index (Phi) is 6.40. The van der Waals surface area contributed by atoms with E-state index in [-0.39, 0.29) is 23.5 Å².